The summed E-state index contributed by atoms with van der Waals surface area (Å²) in [5.41, 5.74) is 0. The molecule has 0 unspecified atom stereocenters. The predicted octanol–water partition coefficient (Wildman–Crippen LogP) is 1.01. The summed E-state index contributed by atoms with van der Waals surface area (Å²) >= 11 is 0. The van der Waals surface area contributed by atoms with Gasteiger partial charge in [0.1, 0.15) is 0 Å². The van der Waals surface area contributed by atoms with E-state index in [9.17, 15) is 4.79 Å². The molecule has 0 atom stereocenters. The molecular weight excluding hydrogens is 276 g/mol. The molecule has 0 aliphatic rings. The Morgan fingerprint density at radius 1 is 1.12 bits per heavy atom. The van der Waals surface area contributed by atoms with Crippen LogP contribution in [0.4, 0.5) is 9.59 Å². The van der Waals surface area contributed by atoms with Crippen LogP contribution >= 0.6 is 0 Å². The monoisotopic (exact) mass is 292 g/mol. The summed E-state index contributed by atoms with van der Waals surface area (Å²) in [6.07, 6.45) is -2.46. The minimum Gasteiger partial charge on any atom is -0.450 e. The van der Waals surface area contributed by atoms with Crippen molar-refractivity contribution in [2.75, 3.05) is 20.3 Å². The maximum Gasteiger partial charge on any atom is 0.507 e. The van der Waals surface area contributed by atoms with E-state index in [4.69, 9.17) is 20.1 Å². The molecule has 0 amide bonds. The fraction of sp³-hybridized carbons (Fsp3) is 0.714. The average molecular weight is 292 g/mol. The molecule has 0 bridgehead atoms. The molecule has 16 heavy (non-hydrogen) atoms. The number of carbonyl (C=O) groups is 2. The quantitative estimate of drug-likeness (QED) is 0.618. The van der Waals surface area contributed by atoms with Crippen LogP contribution in [0.2, 0.25) is 0 Å². The number of aliphatic hydroxyl groups is 1. The molecule has 0 aliphatic heterocycles. The maximum atomic E-state index is 9.97. The molecule has 3 N–H and O–H groups in total. The largest absolute Gasteiger partial charge is 0.507 e. The van der Waals surface area contributed by atoms with Crippen LogP contribution in [0.5, 0.6) is 0 Å². The van der Waals surface area contributed by atoms with Gasteiger partial charge in [-0.2, -0.15) is 0 Å². The van der Waals surface area contributed by atoms with E-state index in [-0.39, 0.29) is 82.1 Å². The van der Waals surface area contributed by atoms with E-state index in [2.05, 4.69) is 9.47 Å². The number of hydrogen-bond acceptors (Lipinski definition) is 5. The van der Waals surface area contributed by atoms with Gasteiger partial charge in [-0.25, -0.2) is 9.59 Å². The van der Waals surface area contributed by atoms with Crippen molar-refractivity contribution in [3.63, 3.8) is 0 Å². The summed E-state index contributed by atoms with van der Waals surface area (Å²) in [6.45, 7) is 4.02. The Balaban J connectivity index is -0.0000000393. The normalized spacial score (nSPS) is 6.00. The molecule has 0 rings (SSSR count). The second kappa shape index (κ2) is 29.8. The van der Waals surface area contributed by atoms with Gasteiger partial charge in [0.15, 0.2) is 0 Å². The molecular formula is C7H16Ar2O7. The smallest absolute Gasteiger partial charge is 0.450 e. The molecule has 0 saturated carbocycles. The van der Waals surface area contributed by atoms with Crippen LogP contribution in [0.3, 0.4) is 0 Å². The first kappa shape index (κ1) is 30.2. The molecule has 0 saturated heterocycles. The molecule has 0 radical (unpaired) electrons. The van der Waals surface area contributed by atoms with Gasteiger partial charge in [0.25, 0.3) is 0 Å². The fourth-order valence-electron chi connectivity index (χ4n) is 0.177. The molecule has 0 spiro atoms. The van der Waals surface area contributed by atoms with Gasteiger partial charge in [-0.3, -0.25) is 0 Å². The van der Waals surface area contributed by atoms with Gasteiger partial charge in [-0.05, 0) is 13.8 Å². The number of methoxy groups -OCH3 is 1. The first-order chi connectivity index (χ1) is 6.45. The topological polar surface area (TPSA) is 113 Å². The number of aliphatic hydroxyl groups excluding tert-OH is 1. The van der Waals surface area contributed by atoms with Crippen molar-refractivity contribution in [3.05, 3.63) is 0 Å². The summed E-state index contributed by atoms with van der Waals surface area (Å²) in [7, 11) is 1.28. The molecule has 7 nitrogen and oxygen atoms in total. The van der Waals surface area contributed by atoms with Crippen LogP contribution in [0.1, 0.15) is 13.8 Å². The zero-order valence-electron chi connectivity index (χ0n) is 9.10. The maximum absolute atomic E-state index is 9.97. The van der Waals surface area contributed by atoms with Crippen LogP contribution in [0.25, 0.3) is 0 Å². The van der Waals surface area contributed by atoms with Gasteiger partial charge < -0.3 is 24.8 Å². The third-order valence-electron chi connectivity index (χ3n) is 0.429. The zero-order valence-corrected chi connectivity index (χ0v) is 10.5. The Morgan fingerprint density at radius 2 is 1.38 bits per heavy atom. The van der Waals surface area contributed by atoms with E-state index in [0.29, 0.717) is 6.61 Å². The summed E-state index contributed by atoms with van der Waals surface area (Å²) in [4.78, 5) is 18.5. The van der Waals surface area contributed by atoms with Crippen LogP contribution in [-0.2, 0) is 9.47 Å². The van der Waals surface area contributed by atoms with Crippen molar-refractivity contribution >= 4 is 12.3 Å². The van der Waals surface area contributed by atoms with E-state index in [1.165, 1.54) is 7.11 Å². The van der Waals surface area contributed by atoms with Crippen LogP contribution in [0, 0.1) is 75.5 Å². The second-order valence-electron chi connectivity index (χ2n) is 1.49. The second-order valence-corrected chi connectivity index (χ2v) is 1.49. The Bertz CT molecular complexity index is 139. The molecule has 0 aromatic carbocycles. The first-order valence-corrected chi connectivity index (χ1v) is 3.69. The number of rotatable bonds is 1. The van der Waals surface area contributed by atoms with Crippen molar-refractivity contribution < 1.29 is 110 Å². The van der Waals surface area contributed by atoms with Gasteiger partial charge in [-0.15, -0.1) is 0 Å². The predicted molar refractivity (Wildman–Crippen MR) is 47.4 cm³/mol. The minimum atomic E-state index is -1.83. The van der Waals surface area contributed by atoms with Crippen molar-refractivity contribution in [1.29, 1.82) is 0 Å². The molecule has 0 aromatic heterocycles. The van der Waals surface area contributed by atoms with Crippen molar-refractivity contribution in [2.45, 2.75) is 13.8 Å². The van der Waals surface area contributed by atoms with Gasteiger partial charge in [0.2, 0.25) is 0 Å². The number of carboxylic acid groups (broad SMARTS) is 2. The molecule has 0 aliphatic carbocycles. The summed E-state index contributed by atoms with van der Waals surface area (Å²) in [5.74, 6) is 0. The van der Waals surface area contributed by atoms with E-state index in [1.807, 2.05) is 0 Å². The van der Waals surface area contributed by atoms with Gasteiger partial charge in [0, 0.05) is 82.1 Å². The van der Waals surface area contributed by atoms with Crippen LogP contribution in [-0.4, -0.2) is 48.0 Å². The van der Waals surface area contributed by atoms with Gasteiger partial charge in [0.05, 0.1) is 13.7 Å². The summed E-state index contributed by atoms with van der Waals surface area (Å²) in [6, 6.07) is 0. The standard InChI is InChI=1S/C4H8O3.C2H6O.CH2O3.2Ar/c1-3-7-4(5)6-2;1-2-3;2-1(3)4;;/h3H2,1-2H3;3H,2H2,1H3;(H2,2,3,4);;. The molecule has 102 valence electrons. The van der Waals surface area contributed by atoms with Crippen LogP contribution in [0.15, 0.2) is 0 Å². The number of hydrogen-bond donors (Lipinski definition) is 3. The van der Waals surface area contributed by atoms with Crippen molar-refractivity contribution in [2.24, 2.45) is 0 Å². The first-order valence-electron chi connectivity index (χ1n) is 3.69. The SMILES string of the molecule is CCO.CCOC(=O)OC.O=C(O)O.[Ar].[Ar]. The number of carbonyl (C=O) groups excluding carboxylic acids is 1. The molecule has 0 aromatic rings. The Kier molecular flexibility index (Phi) is 56.2. The average Bonchev–Trinajstić information content (AvgIpc) is 2.05. The third-order valence-corrected chi connectivity index (χ3v) is 0.429. The van der Waals surface area contributed by atoms with E-state index < -0.39 is 12.3 Å². The zero-order chi connectivity index (χ0) is 12.0. The minimum absolute atomic E-state index is 0. The van der Waals surface area contributed by atoms with E-state index in [0.717, 1.165) is 0 Å². The summed E-state index contributed by atoms with van der Waals surface area (Å²) in [5, 5.41) is 21.5. The van der Waals surface area contributed by atoms with E-state index in [1.54, 1.807) is 13.8 Å². The Hall–Kier alpha value is 1.02. The Morgan fingerprint density at radius 3 is 1.44 bits per heavy atom. The fourth-order valence-corrected chi connectivity index (χ4v) is 0.177. The van der Waals surface area contributed by atoms with Gasteiger partial charge in [-0.1, -0.05) is 0 Å². The third kappa shape index (κ3) is 81.5. The summed E-state index contributed by atoms with van der Waals surface area (Å²) < 4.78 is 8.46. The van der Waals surface area contributed by atoms with Crippen LogP contribution < -0.4 is 0 Å². The number of ether oxygens (including phenoxy) is 2. The van der Waals surface area contributed by atoms with Gasteiger partial charge >= 0.3 is 12.3 Å². The molecule has 0 fully saturated rings. The van der Waals surface area contributed by atoms with Crippen molar-refractivity contribution in [3.8, 4) is 0 Å². The van der Waals surface area contributed by atoms with E-state index >= 15 is 0 Å². The molecule has 0 heterocycles. The molecule has 9 heteroatoms. The van der Waals surface area contributed by atoms with Crippen molar-refractivity contribution in [1.82, 2.24) is 0 Å². The Labute approximate surface area is 154 Å².